The Hall–Kier alpha value is -8.08. The van der Waals surface area contributed by atoms with Crippen molar-refractivity contribution in [1.29, 1.82) is 0 Å². The predicted molar refractivity (Wildman–Crippen MR) is 247 cm³/mol. The Labute approximate surface area is 350 Å². The molecule has 4 heteroatoms. The molecule has 0 aliphatic rings. The molecule has 0 unspecified atom stereocenters. The van der Waals surface area contributed by atoms with Gasteiger partial charge in [0.15, 0.2) is 17.5 Å². The van der Waals surface area contributed by atoms with Crippen LogP contribution in [0.3, 0.4) is 0 Å². The fourth-order valence-corrected chi connectivity index (χ4v) is 7.78. The average Bonchev–Trinajstić information content (AvgIpc) is 3.35. The number of aromatic nitrogens is 4. The van der Waals surface area contributed by atoms with Crippen LogP contribution in [0.1, 0.15) is 0 Å². The maximum absolute atomic E-state index is 5.26. The third-order valence-electron chi connectivity index (χ3n) is 10.8. The van der Waals surface area contributed by atoms with Gasteiger partial charge < -0.3 is 0 Å². The highest BCUT2D eigenvalue weighted by Gasteiger charge is 2.18. The summed E-state index contributed by atoms with van der Waals surface area (Å²) in [5.41, 5.74) is 15.7. The van der Waals surface area contributed by atoms with Crippen LogP contribution in [0.2, 0.25) is 0 Å². The molecule has 4 nitrogen and oxygen atoms in total. The summed E-state index contributed by atoms with van der Waals surface area (Å²) in [7, 11) is 0. The van der Waals surface area contributed by atoms with Gasteiger partial charge >= 0.3 is 0 Å². The third-order valence-corrected chi connectivity index (χ3v) is 10.8. The van der Waals surface area contributed by atoms with Gasteiger partial charge in [0.25, 0.3) is 0 Å². The second kappa shape index (κ2) is 16.4. The van der Waals surface area contributed by atoms with Gasteiger partial charge in [-0.2, -0.15) is 0 Å². The lowest BCUT2D eigenvalue weighted by Crippen LogP contribution is -2.01. The Balaban J connectivity index is 1.18. The van der Waals surface area contributed by atoms with Gasteiger partial charge in [0.1, 0.15) is 0 Å². The van der Waals surface area contributed by atoms with Gasteiger partial charge in [-0.05, 0) is 74.3 Å². The number of pyridine rings is 1. The topological polar surface area (TPSA) is 51.6 Å². The molecule has 60 heavy (non-hydrogen) atoms. The standard InChI is InChI=1S/C56H38N4/c1-5-16-39(17-6-1)41-27-31-45(32-28-41)54-58-55(46-33-29-42(30-34-46)40-18-7-2-8-19-40)60-56(59-54)49-37-47(51-25-14-13-24-50(51)43-20-9-3-10-21-43)36-48(38-49)52-26-15-35-57-53(52)44-22-11-4-12-23-44/h1-38H. The van der Waals surface area contributed by atoms with Gasteiger partial charge in [0, 0.05) is 34.0 Å². The minimum absolute atomic E-state index is 0.583. The third kappa shape index (κ3) is 7.53. The van der Waals surface area contributed by atoms with Gasteiger partial charge in [-0.25, -0.2) is 15.0 Å². The van der Waals surface area contributed by atoms with E-state index in [2.05, 4.69) is 200 Å². The van der Waals surface area contributed by atoms with Crippen LogP contribution in [0, 0.1) is 0 Å². The molecule has 2 aromatic heterocycles. The normalized spacial score (nSPS) is 11.0. The molecule has 0 saturated carbocycles. The Morgan fingerprint density at radius 2 is 0.550 bits per heavy atom. The molecule has 0 saturated heterocycles. The summed E-state index contributed by atoms with van der Waals surface area (Å²) in [4.78, 5) is 20.6. The summed E-state index contributed by atoms with van der Waals surface area (Å²) < 4.78 is 0. The summed E-state index contributed by atoms with van der Waals surface area (Å²) in [5.74, 6) is 1.79. The average molecular weight is 767 g/mol. The second-order valence-electron chi connectivity index (χ2n) is 14.7. The molecular weight excluding hydrogens is 729 g/mol. The summed E-state index contributed by atoms with van der Waals surface area (Å²) in [6, 6.07) is 78.1. The van der Waals surface area contributed by atoms with Crippen LogP contribution in [0.5, 0.6) is 0 Å². The van der Waals surface area contributed by atoms with Crippen LogP contribution in [0.25, 0.3) is 101 Å². The number of benzene rings is 8. The lowest BCUT2D eigenvalue weighted by atomic mass is 9.90. The van der Waals surface area contributed by atoms with Crippen LogP contribution in [-0.2, 0) is 0 Å². The van der Waals surface area contributed by atoms with Crippen molar-refractivity contribution >= 4 is 0 Å². The monoisotopic (exact) mass is 766 g/mol. The van der Waals surface area contributed by atoms with Crippen LogP contribution in [0.4, 0.5) is 0 Å². The van der Waals surface area contributed by atoms with E-state index >= 15 is 0 Å². The van der Waals surface area contributed by atoms with Gasteiger partial charge in [-0.3, -0.25) is 4.98 Å². The Bertz CT molecular complexity index is 2840. The SMILES string of the molecule is c1ccc(-c2ccc(-c3nc(-c4ccc(-c5ccccc5)cc4)nc(-c4cc(-c5ccccc5-c5ccccc5)cc(-c5cccnc5-c5ccccc5)c4)n3)cc2)cc1. The van der Waals surface area contributed by atoms with E-state index < -0.39 is 0 Å². The van der Waals surface area contributed by atoms with Crippen molar-refractivity contribution < 1.29 is 0 Å². The molecule has 0 bridgehead atoms. The molecule has 0 fully saturated rings. The zero-order valence-corrected chi connectivity index (χ0v) is 32.7. The highest BCUT2D eigenvalue weighted by molar-refractivity contribution is 5.90. The first kappa shape index (κ1) is 36.3. The molecule has 8 aromatic carbocycles. The molecule has 0 aliphatic heterocycles. The van der Waals surface area contributed by atoms with Gasteiger partial charge in [0.05, 0.1) is 5.69 Å². The van der Waals surface area contributed by atoms with Crippen molar-refractivity contribution in [2.24, 2.45) is 0 Å². The lowest BCUT2D eigenvalue weighted by Gasteiger charge is -2.16. The summed E-state index contributed by atoms with van der Waals surface area (Å²) in [6.07, 6.45) is 1.86. The quantitative estimate of drug-likeness (QED) is 0.147. The van der Waals surface area contributed by atoms with E-state index in [9.17, 15) is 0 Å². The molecule has 0 N–H and O–H groups in total. The largest absolute Gasteiger partial charge is 0.256 e. The minimum atomic E-state index is 0.583. The molecule has 2 heterocycles. The first-order chi connectivity index (χ1) is 29.7. The highest BCUT2D eigenvalue weighted by atomic mass is 15.0. The van der Waals surface area contributed by atoms with Crippen LogP contribution >= 0.6 is 0 Å². The zero-order chi connectivity index (χ0) is 40.1. The van der Waals surface area contributed by atoms with E-state index in [4.69, 9.17) is 19.9 Å². The fourth-order valence-electron chi connectivity index (χ4n) is 7.78. The van der Waals surface area contributed by atoms with Crippen molar-refractivity contribution in [2.45, 2.75) is 0 Å². The molecule has 0 amide bonds. The first-order valence-corrected chi connectivity index (χ1v) is 20.1. The second-order valence-corrected chi connectivity index (χ2v) is 14.7. The number of rotatable bonds is 9. The summed E-state index contributed by atoms with van der Waals surface area (Å²) in [6.45, 7) is 0. The number of hydrogen-bond donors (Lipinski definition) is 0. The van der Waals surface area contributed by atoms with E-state index in [1.54, 1.807) is 0 Å². The van der Waals surface area contributed by atoms with Crippen molar-refractivity contribution in [3.8, 4) is 101 Å². The Morgan fingerprint density at radius 1 is 0.217 bits per heavy atom. The molecule has 0 aliphatic carbocycles. The molecule has 0 radical (unpaired) electrons. The maximum Gasteiger partial charge on any atom is 0.164 e. The van der Waals surface area contributed by atoms with Crippen LogP contribution < -0.4 is 0 Å². The highest BCUT2D eigenvalue weighted by Crippen LogP contribution is 2.40. The van der Waals surface area contributed by atoms with Gasteiger partial charge in [-0.15, -0.1) is 0 Å². The molecule has 10 rings (SSSR count). The van der Waals surface area contributed by atoms with E-state index in [1.165, 1.54) is 0 Å². The van der Waals surface area contributed by atoms with E-state index in [1.807, 2.05) is 30.5 Å². The number of hydrogen-bond acceptors (Lipinski definition) is 4. The van der Waals surface area contributed by atoms with Gasteiger partial charge in [0.2, 0.25) is 0 Å². The van der Waals surface area contributed by atoms with Crippen molar-refractivity contribution in [1.82, 2.24) is 19.9 Å². The zero-order valence-electron chi connectivity index (χ0n) is 32.7. The molecule has 0 spiro atoms. The molecule has 282 valence electrons. The first-order valence-electron chi connectivity index (χ1n) is 20.1. The lowest BCUT2D eigenvalue weighted by molar-refractivity contribution is 1.07. The van der Waals surface area contributed by atoms with Crippen LogP contribution in [0.15, 0.2) is 231 Å². The van der Waals surface area contributed by atoms with Crippen molar-refractivity contribution in [3.05, 3.63) is 231 Å². The smallest absolute Gasteiger partial charge is 0.164 e. The molecule has 0 atom stereocenters. The minimum Gasteiger partial charge on any atom is -0.256 e. The predicted octanol–water partition coefficient (Wildman–Crippen LogP) is 14.3. The number of nitrogens with zero attached hydrogens (tertiary/aromatic N) is 4. The van der Waals surface area contributed by atoms with Crippen molar-refractivity contribution in [3.63, 3.8) is 0 Å². The summed E-state index contributed by atoms with van der Waals surface area (Å²) in [5, 5.41) is 0. The van der Waals surface area contributed by atoms with Crippen molar-refractivity contribution in [2.75, 3.05) is 0 Å². The molecule has 10 aromatic rings. The van der Waals surface area contributed by atoms with Crippen LogP contribution in [-0.4, -0.2) is 19.9 Å². The Morgan fingerprint density at radius 3 is 1.05 bits per heavy atom. The molecular formula is C56H38N4. The Kier molecular flexibility index (Phi) is 9.92. The van der Waals surface area contributed by atoms with E-state index in [-0.39, 0.29) is 0 Å². The maximum atomic E-state index is 5.26. The van der Waals surface area contributed by atoms with Gasteiger partial charge in [-0.1, -0.05) is 200 Å². The fraction of sp³-hybridized carbons (Fsp3) is 0. The summed E-state index contributed by atoms with van der Waals surface area (Å²) >= 11 is 0. The van der Waals surface area contributed by atoms with E-state index in [0.29, 0.717) is 17.5 Å². The van der Waals surface area contributed by atoms with E-state index in [0.717, 1.165) is 83.6 Å².